The van der Waals surface area contributed by atoms with E-state index in [0.717, 1.165) is 22.0 Å². The van der Waals surface area contributed by atoms with E-state index in [4.69, 9.17) is 4.74 Å². The lowest BCUT2D eigenvalue weighted by Crippen LogP contribution is -2.12. The van der Waals surface area contributed by atoms with E-state index in [-0.39, 0.29) is 0 Å². The first kappa shape index (κ1) is 14.3. The second-order valence-electron chi connectivity index (χ2n) is 4.20. The molecule has 0 spiro atoms. The number of para-hydroxylation sites is 2. The normalized spacial score (nSPS) is 9.90. The van der Waals surface area contributed by atoms with E-state index >= 15 is 0 Å². The quantitative estimate of drug-likeness (QED) is 0.793. The summed E-state index contributed by atoms with van der Waals surface area (Å²) in [4.78, 5) is 2.96. The lowest BCUT2D eigenvalue weighted by molar-refractivity contribution is 0.415. The van der Waals surface area contributed by atoms with Crippen LogP contribution in [0.25, 0.3) is 0 Å². The Kier molecular flexibility index (Phi) is 4.54. The number of hydrogen-bond acceptors (Lipinski definition) is 4. The van der Waals surface area contributed by atoms with Gasteiger partial charge in [0.25, 0.3) is 0 Å². The fraction of sp³-hybridized carbons (Fsp3) is 0.188. The Labute approximate surface area is 123 Å². The molecule has 0 aliphatic carbocycles. The number of hydrogen-bond donors (Lipinski definition) is 0. The molecule has 0 aliphatic rings. The van der Waals surface area contributed by atoms with Crippen LogP contribution in [0, 0.1) is 11.3 Å². The maximum absolute atomic E-state index is 9.43. The molecule has 2 rings (SSSR count). The van der Waals surface area contributed by atoms with Gasteiger partial charge in [-0.1, -0.05) is 18.2 Å². The monoisotopic (exact) mass is 284 g/mol. The van der Waals surface area contributed by atoms with Gasteiger partial charge in [-0.2, -0.15) is 5.26 Å². The van der Waals surface area contributed by atoms with E-state index in [2.05, 4.69) is 6.07 Å². The molecular formula is C16H16N2OS. The summed E-state index contributed by atoms with van der Waals surface area (Å²) in [5.41, 5.74) is 2.50. The minimum Gasteiger partial charge on any atom is -0.495 e. The van der Waals surface area contributed by atoms with Crippen molar-refractivity contribution in [1.29, 1.82) is 5.26 Å². The Balaban J connectivity index is 2.54. The fourth-order valence-corrected chi connectivity index (χ4v) is 2.69. The fourth-order valence-electron chi connectivity index (χ4n) is 2.12. The van der Waals surface area contributed by atoms with Gasteiger partial charge in [-0.25, -0.2) is 0 Å². The summed E-state index contributed by atoms with van der Waals surface area (Å²) in [5.74, 6) is 0.786. The third kappa shape index (κ3) is 2.59. The van der Waals surface area contributed by atoms with Gasteiger partial charge in [-0.3, -0.25) is 0 Å². The summed E-state index contributed by atoms with van der Waals surface area (Å²) in [6.45, 7) is 0. The Morgan fingerprint density at radius 2 is 1.80 bits per heavy atom. The zero-order chi connectivity index (χ0) is 14.5. The van der Waals surface area contributed by atoms with E-state index in [0.29, 0.717) is 5.56 Å². The number of nitrogens with zero attached hydrogens (tertiary/aromatic N) is 2. The van der Waals surface area contributed by atoms with Crippen LogP contribution in [0.4, 0.5) is 11.4 Å². The maximum Gasteiger partial charge on any atom is 0.142 e. The molecule has 20 heavy (non-hydrogen) atoms. The molecule has 0 bridgehead atoms. The highest BCUT2D eigenvalue weighted by molar-refractivity contribution is 7.98. The van der Waals surface area contributed by atoms with Crippen molar-refractivity contribution in [3.05, 3.63) is 48.0 Å². The molecule has 0 N–H and O–H groups in total. The van der Waals surface area contributed by atoms with Crippen LogP contribution in [-0.2, 0) is 0 Å². The van der Waals surface area contributed by atoms with Gasteiger partial charge in [-0.15, -0.1) is 11.8 Å². The number of rotatable bonds is 4. The Morgan fingerprint density at radius 1 is 1.10 bits per heavy atom. The van der Waals surface area contributed by atoms with E-state index in [9.17, 15) is 5.26 Å². The van der Waals surface area contributed by atoms with Gasteiger partial charge in [0.05, 0.1) is 24.0 Å². The van der Waals surface area contributed by atoms with Gasteiger partial charge in [0.2, 0.25) is 0 Å². The molecule has 3 nitrogen and oxygen atoms in total. The smallest absolute Gasteiger partial charge is 0.142 e. The second kappa shape index (κ2) is 6.36. The van der Waals surface area contributed by atoms with Crippen LogP contribution in [0.1, 0.15) is 5.56 Å². The van der Waals surface area contributed by atoms with Gasteiger partial charge >= 0.3 is 0 Å². The standard InChI is InChI=1S/C16H16N2OS/c1-18(14-7-4-5-9-15(14)19-2)13-8-6-10-16(20-3)12(13)11-17/h4-10H,1-3H3. The third-order valence-corrected chi connectivity index (χ3v) is 3.92. The Morgan fingerprint density at radius 3 is 2.45 bits per heavy atom. The molecule has 0 atom stereocenters. The Hall–Kier alpha value is -2.12. The van der Waals surface area contributed by atoms with Crippen LogP contribution < -0.4 is 9.64 Å². The number of thioether (sulfide) groups is 1. The molecule has 0 amide bonds. The number of ether oxygens (including phenoxy) is 1. The second-order valence-corrected chi connectivity index (χ2v) is 5.05. The van der Waals surface area contributed by atoms with Crippen molar-refractivity contribution in [2.24, 2.45) is 0 Å². The molecular weight excluding hydrogens is 268 g/mol. The van der Waals surface area contributed by atoms with Crippen molar-refractivity contribution in [3.8, 4) is 11.8 Å². The highest BCUT2D eigenvalue weighted by Gasteiger charge is 2.15. The van der Waals surface area contributed by atoms with E-state index in [1.165, 1.54) is 0 Å². The number of benzene rings is 2. The van der Waals surface area contributed by atoms with Crippen LogP contribution in [0.3, 0.4) is 0 Å². The molecule has 0 heterocycles. The zero-order valence-corrected chi connectivity index (χ0v) is 12.6. The van der Waals surface area contributed by atoms with Crippen molar-refractivity contribution < 1.29 is 4.74 Å². The molecule has 0 aromatic heterocycles. The molecule has 2 aromatic carbocycles. The summed E-state index contributed by atoms with van der Waals surface area (Å²) >= 11 is 1.58. The number of anilines is 2. The van der Waals surface area contributed by atoms with Gasteiger partial charge in [0.1, 0.15) is 11.8 Å². The molecule has 0 unspecified atom stereocenters. The predicted octanol–water partition coefficient (Wildman–Crippen LogP) is 4.06. The average Bonchev–Trinajstić information content (AvgIpc) is 2.53. The molecule has 0 fully saturated rings. The van der Waals surface area contributed by atoms with Gasteiger partial charge < -0.3 is 9.64 Å². The molecule has 0 saturated heterocycles. The highest BCUT2D eigenvalue weighted by atomic mass is 32.2. The Bertz CT molecular complexity index is 649. The molecule has 0 radical (unpaired) electrons. The summed E-state index contributed by atoms with van der Waals surface area (Å²) < 4.78 is 5.39. The number of methoxy groups -OCH3 is 1. The van der Waals surface area contributed by atoms with Gasteiger partial charge in [0, 0.05) is 11.9 Å². The number of nitriles is 1. The van der Waals surface area contributed by atoms with Gasteiger partial charge in [-0.05, 0) is 30.5 Å². The summed E-state index contributed by atoms with van der Waals surface area (Å²) in [5, 5.41) is 9.43. The van der Waals surface area contributed by atoms with E-state index < -0.39 is 0 Å². The van der Waals surface area contributed by atoms with Crippen molar-refractivity contribution >= 4 is 23.1 Å². The first-order chi connectivity index (χ1) is 9.72. The van der Waals surface area contributed by atoms with Gasteiger partial charge in [0.15, 0.2) is 0 Å². The minimum absolute atomic E-state index is 0.688. The van der Waals surface area contributed by atoms with Crippen LogP contribution in [0.5, 0.6) is 5.75 Å². The van der Waals surface area contributed by atoms with Crippen LogP contribution in [-0.4, -0.2) is 20.4 Å². The summed E-state index contributed by atoms with van der Waals surface area (Å²) in [6.07, 6.45) is 1.98. The maximum atomic E-state index is 9.43. The van der Waals surface area contributed by atoms with Crippen LogP contribution in [0.2, 0.25) is 0 Å². The highest BCUT2D eigenvalue weighted by Crippen LogP contribution is 2.36. The first-order valence-electron chi connectivity index (χ1n) is 6.16. The van der Waals surface area contributed by atoms with E-state index in [1.807, 2.05) is 60.7 Å². The SMILES string of the molecule is COc1ccccc1N(C)c1cccc(SC)c1C#N. The van der Waals surface area contributed by atoms with E-state index in [1.54, 1.807) is 18.9 Å². The molecule has 102 valence electrons. The zero-order valence-electron chi connectivity index (χ0n) is 11.8. The van der Waals surface area contributed by atoms with Crippen LogP contribution >= 0.6 is 11.8 Å². The van der Waals surface area contributed by atoms with Crippen molar-refractivity contribution in [2.75, 3.05) is 25.3 Å². The molecule has 0 saturated carbocycles. The van der Waals surface area contributed by atoms with Crippen LogP contribution in [0.15, 0.2) is 47.4 Å². The third-order valence-electron chi connectivity index (χ3n) is 3.14. The average molecular weight is 284 g/mol. The first-order valence-corrected chi connectivity index (χ1v) is 7.39. The summed E-state index contributed by atoms with van der Waals surface area (Å²) in [6, 6.07) is 16.0. The predicted molar refractivity (Wildman–Crippen MR) is 84.0 cm³/mol. The molecule has 2 aromatic rings. The largest absolute Gasteiger partial charge is 0.495 e. The minimum atomic E-state index is 0.688. The summed E-state index contributed by atoms with van der Waals surface area (Å²) in [7, 11) is 3.59. The molecule has 0 aliphatic heterocycles. The van der Waals surface area contributed by atoms with Crippen molar-refractivity contribution in [3.63, 3.8) is 0 Å². The molecule has 4 heteroatoms. The van der Waals surface area contributed by atoms with Crippen molar-refractivity contribution in [2.45, 2.75) is 4.90 Å². The topological polar surface area (TPSA) is 36.3 Å². The lowest BCUT2D eigenvalue weighted by Gasteiger charge is -2.23. The lowest BCUT2D eigenvalue weighted by atomic mass is 10.1. The van der Waals surface area contributed by atoms with Crippen molar-refractivity contribution in [1.82, 2.24) is 0 Å².